The summed E-state index contributed by atoms with van der Waals surface area (Å²) in [7, 11) is 0. The first-order valence-corrected chi connectivity index (χ1v) is 2.18. The van der Waals surface area contributed by atoms with Gasteiger partial charge in [0.15, 0.2) is 0 Å². The molecule has 0 radical (unpaired) electrons. The first-order valence-electron chi connectivity index (χ1n) is 1.77. The quantitative estimate of drug-likeness (QED) is 0.154. The molecule has 0 atom stereocenters. The molecule has 21 heavy (non-hydrogen) atoms. The van der Waals surface area contributed by atoms with Gasteiger partial charge in [0.1, 0.15) is 0 Å². The van der Waals surface area contributed by atoms with E-state index in [1.165, 1.54) is 5.16 Å². The van der Waals surface area contributed by atoms with Gasteiger partial charge in [-0.3, -0.25) is 0 Å². The van der Waals surface area contributed by atoms with Gasteiger partial charge in [0.2, 0.25) is 0 Å². The van der Waals surface area contributed by atoms with E-state index < -0.39 is 0 Å². The van der Waals surface area contributed by atoms with Crippen molar-refractivity contribution >= 4 is 17.4 Å². The van der Waals surface area contributed by atoms with Crippen LogP contribution in [0, 0.1) is 71.0 Å². The second-order valence-corrected chi connectivity index (χ2v) is 0.274. The molecule has 0 spiro atoms. The average molecular weight is 809 g/mol. The van der Waals surface area contributed by atoms with E-state index in [4.69, 9.17) is 76.4 Å². The third kappa shape index (κ3) is 8160. The van der Waals surface area contributed by atoms with Gasteiger partial charge in [-0.1, -0.05) is 12.2 Å². The van der Waals surface area contributed by atoms with Crippen LogP contribution in [0.1, 0.15) is 0 Å². The van der Waals surface area contributed by atoms with E-state index in [0.29, 0.717) is 0 Å². The number of isothiocyanates is 1. The van der Waals surface area contributed by atoms with Crippen LogP contribution in [0.5, 0.6) is 0 Å². The van der Waals surface area contributed by atoms with Crippen LogP contribution in [0.15, 0.2) is 0 Å². The summed E-state index contributed by atoms with van der Waals surface area (Å²) < 4.78 is 0. The number of nitrogens with zero attached hydrogens (tertiary/aromatic N) is 7. The van der Waals surface area contributed by atoms with Crippen molar-refractivity contribution in [3.8, 4) is 0 Å². The number of hydrogen-bond acceptors (Lipinski definition) is 7. The van der Waals surface area contributed by atoms with Crippen LogP contribution < -0.4 is 0 Å². The summed E-state index contributed by atoms with van der Waals surface area (Å²) in [5.41, 5.74) is 0. The van der Waals surface area contributed by atoms with E-state index in [-0.39, 0.29) is 129 Å². The maximum Gasteiger partial charge on any atom is 2.00 e. The predicted molar refractivity (Wildman–Crippen MR) is 45.8 cm³/mol. The van der Waals surface area contributed by atoms with Gasteiger partial charge in [0.25, 0.3) is 0 Å². The second-order valence-electron chi connectivity index (χ2n) is 0.0913. The molecule has 0 saturated carbocycles. The molecule has 0 aliphatic rings. The largest absolute Gasteiger partial charge is 2.00 e. The van der Waals surface area contributed by atoms with Crippen molar-refractivity contribution in [1.82, 2.24) is 0 Å². The van der Waals surface area contributed by atoms with Crippen molar-refractivity contribution in [3.63, 3.8) is 0 Å². The Morgan fingerprint density at radius 2 is 0.524 bits per heavy atom. The topological polar surface area (TPSA) is 165 Å². The summed E-state index contributed by atoms with van der Waals surface area (Å²) in [6.07, 6.45) is 0. The molecule has 0 fully saturated rings. The molecule has 0 unspecified atom stereocenters. The van der Waals surface area contributed by atoms with Crippen molar-refractivity contribution in [2.75, 3.05) is 0 Å². The van der Waals surface area contributed by atoms with Crippen LogP contribution in [-0.4, -0.2) is 5.16 Å². The number of rotatable bonds is 0. The summed E-state index contributed by atoms with van der Waals surface area (Å²) in [4.78, 5) is 0. The molecule has 7 nitrogen and oxygen atoms in total. The molecular formula is C7Ag5FeN7S. The van der Waals surface area contributed by atoms with E-state index in [9.17, 15) is 0 Å². The molecule has 132 valence electrons. The molecule has 0 heterocycles. The van der Waals surface area contributed by atoms with Gasteiger partial charge in [0.05, 0.1) is 0 Å². The summed E-state index contributed by atoms with van der Waals surface area (Å²) in [6.45, 7) is 28.5. The fourth-order valence-electron chi connectivity index (χ4n) is 0. The maximum absolute atomic E-state index is 7.13. The SMILES string of the molecule is [Ag+].[Ag+].[Ag+].[Ag+].[Ag+].[C-]#N.[C-]#N.[C-]#N.[C-]#N.[C-]#N.[C-]#N.[Fe+2].[N-]=C=S. The fourth-order valence-corrected chi connectivity index (χ4v) is 0. The van der Waals surface area contributed by atoms with Crippen LogP contribution in [0.4, 0.5) is 0 Å². The van der Waals surface area contributed by atoms with Crippen LogP contribution in [0.25, 0.3) is 5.41 Å². The Balaban J connectivity index is -0.00000000310. The van der Waals surface area contributed by atoms with E-state index in [0.717, 1.165) is 0 Å². The van der Waals surface area contributed by atoms with Gasteiger partial charge in [0, 0.05) is 0 Å². The zero-order valence-corrected chi connectivity index (χ0v) is 18.2. The van der Waals surface area contributed by atoms with Crippen molar-refractivity contribution < 1.29 is 129 Å². The minimum Gasteiger partial charge on any atom is -0.753 e. The third-order valence-electron chi connectivity index (χ3n) is 0. The van der Waals surface area contributed by atoms with E-state index in [2.05, 4.69) is 12.2 Å². The molecular weight excluding hydrogens is 809 g/mol. The van der Waals surface area contributed by atoms with Crippen molar-refractivity contribution in [3.05, 3.63) is 44.8 Å². The standard InChI is InChI=1S/CNS.6CN.5Ag.Fe/c2-1-3;6*1-2;;;;;;/q7*-1;5*+1;+2. The first-order chi connectivity index (χ1) is 7.41. The van der Waals surface area contributed by atoms with Gasteiger partial charge in [-0.05, 0) is 0 Å². The van der Waals surface area contributed by atoms with Gasteiger partial charge in [-0.15, -0.1) is 0 Å². The molecule has 0 aromatic rings. The molecule has 0 N–H and O–H groups in total. The summed E-state index contributed by atoms with van der Waals surface area (Å²) in [6, 6.07) is 0. The molecule has 0 bridgehead atoms. The van der Waals surface area contributed by atoms with Crippen LogP contribution >= 0.6 is 12.2 Å². The van der Waals surface area contributed by atoms with Gasteiger partial charge in [-0.2, -0.15) is 5.16 Å². The van der Waals surface area contributed by atoms with Gasteiger partial charge >= 0.3 is 129 Å². The van der Waals surface area contributed by atoms with Crippen molar-refractivity contribution in [1.29, 1.82) is 31.6 Å². The van der Waals surface area contributed by atoms with Gasteiger partial charge in [-0.25, -0.2) is 0 Å². The van der Waals surface area contributed by atoms with E-state index in [1.807, 2.05) is 0 Å². The molecule has 0 aromatic carbocycles. The van der Waals surface area contributed by atoms with Crippen molar-refractivity contribution in [2.24, 2.45) is 0 Å². The van der Waals surface area contributed by atoms with Crippen LogP contribution in [0.3, 0.4) is 0 Å². The Hall–Kier alpha value is 0.961. The number of hydrogen-bond donors (Lipinski definition) is 0. The third-order valence-corrected chi connectivity index (χ3v) is 0. The summed E-state index contributed by atoms with van der Waals surface area (Å²) in [5.74, 6) is 0. The van der Waals surface area contributed by atoms with Crippen LogP contribution in [0.2, 0.25) is 0 Å². The minimum atomic E-state index is 0. The molecule has 14 heteroatoms. The molecule has 0 aliphatic heterocycles. The molecule has 0 aliphatic carbocycles. The van der Waals surface area contributed by atoms with Gasteiger partial charge < -0.3 is 76.4 Å². The Kier molecular flexibility index (Phi) is 12400. The smallest absolute Gasteiger partial charge is 0.753 e. The average Bonchev–Trinajstić information content (AvgIpc) is 2.44. The Morgan fingerprint density at radius 3 is 0.524 bits per heavy atom. The predicted octanol–water partition coefficient (Wildman–Crippen LogP) is 1.22. The normalized spacial score (nSPS) is 0.952. The van der Waals surface area contributed by atoms with E-state index in [1.54, 1.807) is 0 Å². The molecule has 0 amide bonds. The Bertz CT molecular complexity index is 176. The maximum atomic E-state index is 7.13. The Morgan fingerprint density at radius 1 is 0.524 bits per heavy atom. The second kappa shape index (κ2) is 2170. The minimum absolute atomic E-state index is 0. The zero-order valence-electron chi connectivity index (χ0n) is 8.90. The molecule has 0 saturated heterocycles. The summed E-state index contributed by atoms with van der Waals surface area (Å²) >= 11 is 3.70. The number of thiocarbonyl (C=S) groups is 1. The van der Waals surface area contributed by atoms with E-state index >= 15 is 0 Å². The molecule has 0 aromatic heterocycles. The monoisotopic (exact) mass is 804 g/mol. The van der Waals surface area contributed by atoms with Crippen LogP contribution in [-0.2, 0) is 129 Å². The van der Waals surface area contributed by atoms with Crippen molar-refractivity contribution in [2.45, 2.75) is 0 Å². The summed E-state index contributed by atoms with van der Waals surface area (Å²) in [5, 5.41) is 46.0. The molecule has 0 rings (SSSR count). The Labute approximate surface area is 219 Å². The zero-order chi connectivity index (χ0) is 14.7. The first kappa shape index (κ1) is 120. The fraction of sp³-hybridized carbons (Fsp3) is 0.